The molecule has 0 amide bonds. The van der Waals surface area contributed by atoms with E-state index in [0.717, 1.165) is 11.1 Å². The van der Waals surface area contributed by atoms with Crippen LogP contribution in [0.15, 0.2) is 24.3 Å². The summed E-state index contributed by atoms with van der Waals surface area (Å²) in [5, 5.41) is 0.0816. The lowest BCUT2D eigenvalue weighted by molar-refractivity contribution is -0.109. The Labute approximate surface area is 105 Å². The Bertz CT molecular complexity index is 454. The third kappa shape index (κ3) is 4.47. The summed E-state index contributed by atoms with van der Waals surface area (Å²) in [5.74, 6) is 6.39. The highest BCUT2D eigenvalue weighted by Crippen LogP contribution is 2.03. The second-order valence-corrected chi connectivity index (χ2v) is 4.62. The van der Waals surface area contributed by atoms with Crippen LogP contribution < -0.4 is 5.73 Å². The van der Waals surface area contributed by atoms with E-state index in [0.29, 0.717) is 10.7 Å². The van der Waals surface area contributed by atoms with Crippen molar-refractivity contribution >= 4 is 34.1 Å². The molecule has 4 heteroatoms. The van der Waals surface area contributed by atoms with E-state index in [1.54, 1.807) is 0 Å². The molecule has 0 saturated carbocycles. The van der Waals surface area contributed by atoms with Crippen LogP contribution in [-0.2, 0) is 4.79 Å². The van der Waals surface area contributed by atoms with Crippen molar-refractivity contribution in [1.82, 2.24) is 0 Å². The van der Waals surface area contributed by atoms with Crippen molar-refractivity contribution in [3.05, 3.63) is 35.4 Å². The van der Waals surface area contributed by atoms with Crippen LogP contribution in [0.2, 0.25) is 0 Å². The van der Waals surface area contributed by atoms with Gasteiger partial charge in [0.15, 0.2) is 5.12 Å². The van der Waals surface area contributed by atoms with Crippen LogP contribution in [0.5, 0.6) is 0 Å². The van der Waals surface area contributed by atoms with Gasteiger partial charge in [0.05, 0.1) is 5.75 Å². The summed E-state index contributed by atoms with van der Waals surface area (Å²) in [6.45, 7) is 1.53. The highest BCUT2D eigenvalue weighted by atomic mass is 32.2. The van der Waals surface area contributed by atoms with E-state index in [2.05, 4.69) is 11.8 Å². The first kappa shape index (κ1) is 12.8. The Morgan fingerprint density at radius 2 is 2.06 bits per heavy atom. The van der Waals surface area contributed by atoms with Crippen LogP contribution >= 0.6 is 24.0 Å². The monoisotopic (exact) mass is 249 g/mol. The fraction of sp³-hybridized carbons (Fsp3) is 0.167. The maximum Gasteiger partial charge on any atom is 0.186 e. The fourth-order valence-electron chi connectivity index (χ4n) is 0.994. The van der Waals surface area contributed by atoms with E-state index in [1.807, 2.05) is 24.3 Å². The number of thiocarbonyl (C=S) groups is 1. The molecule has 0 bridgehead atoms. The fourth-order valence-corrected chi connectivity index (χ4v) is 1.48. The molecule has 0 aliphatic carbocycles. The van der Waals surface area contributed by atoms with Gasteiger partial charge in [-0.3, -0.25) is 4.79 Å². The van der Waals surface area contributed by atoms with Gasteiger partial charge < -0.3 is 5.73 Å². The molecule has 0 fully saturated rings. The molecule has 0 aromatic heterocycles. The largest absolute Gasteiger partial charge is 0.389 e. The lowest BCUT2D eigenvalue weighted by atomic mass is 10.1. The molecule has 0 spiro atoms. The number of benzene rings is 1. The summed E-state index contributed by atoms with van der Waals surface area (Å²) in [7, 11) is 0. The van der Waals surface area contributed by atoms with Gasteiger partial charge in [0.2, 0.25) is 0 Å². The van der Waals surface area contributed by atoms with Gasteiger partial charge in [-0.2, -0.15) is 0 Å². The van der Waals surface area contributed by atoms with Crippen LogP contribution in [0.3, 0.4) is 0 Å². The molecule has 2 nitrogen and oxygen atoms in total. The Balaban J connectivity index is 2.61. The quantitative estimate of drug-likeness (QED) is 0.642. The van der Waals surface area contributed by atoms with Gasteiger partial charge in [0.25, 0.3) is 0 Å². The molecule has 1 aromatic rings. The van der Waals surface area contributed by atoms with Crippen molar-refractivity contribution in [3.63, 3.8) is 0 Å². The average Bonchev–Trinajstić information content (AvgIpc) is 2.25. The van der Waals surface area contributed by atoms with Crippen LogP contribution in [0.4, 0.5) is 0 Å². The molecule has 0 aliphatic heterocycles. The Kier molecular flexibility index (Phi) is 5.03. The van der Waals surface area contributed by atoms with E-state index in [9.17, 15) is 4.79 Å². The summed E-state index contributed by atoms with van der Waals surface area (Å²) in [6, 6.07) is 7.40. The van der Waals surface area contributed by atoms with Crippen LogP contribution in [0.1, 0.15) is 18.1 Å². The maximum absolute atomic E-state index is 10.6. The van der Waals surface area contributed by atoms with Crippen LogP contribution in [0.25, 0.3) is 0 Å². The molecule has 82 valence electrons. The van der Waals surface area contributed by atoms with Crippen LogP contribution in [-0.4, -0.2) is 15.9 Å². The molecule has 2 N–H and O–H groups in total. The molecule has 1 aromatic carbocycles. The molecule has 0 aliphatic rings. The van der Waals surface area contributed by atoms with Crippen molar-refractivity contribution in [3.8, 4) is 11.8 Å². The van der Waals surface area contributed by atoms with E-state index in [4.69, 9.17) is 18.0 Å². The van der Waals surface area contributed by atoms with Crippen molar-refractivity contribution in [2.45, 2.75) is 6.92 Å². The first-order valence-electron chi connectivity index (χ1n) is 4.61. The van der Waals surface area contributed by atoms with Gasteiger partial charge >= 0.3 is 0 Å². The SMILES string of the molecule is CC(=O)SCC#Cc1ccc(C(N)=S)cc1. The molecule has 1 rings (SSSR count). The summed E-state index contributed by atoms with van der Waals surface area (Å²) >= 11 is 6.05. The number of carbonyl (C=O) groups excluding carboxylic acids is 1. The average molecular weight is 249 g/mol. The summed E-state index contributed by atoms with van der Waals surface area (Å²) in [4.78, 5) is 11.0. The molecule has 0 unspecified atom stereocenters. The van der Waals surface area contributed by atoms with Gasteiger partial charge in [0.1, 0.15) is 4.99 Å². The topological polar surface area (TPSA) is 43.1 Å². The van der Waals surface area contributed by atoms with E-state index in [1.165, 1.54) is 18.7 Å². The highest BCUT2D eigenvalue weighted by Gasteiger charge is 1.94. The van der Waals surface area contributed by atoms with Crippen molar-refractivity contribution in [2.24, 2.45) is 5.73 Å². The zero-order valence-corrected chi connectivity index (χ0v) is 10.5. The number of carbonyl (C=O) groups is 1. The minimum Gasteiger partial charge on any atom is -0.389 e. The smallest absolute Gasteiger partial charge is 0.186 e. The van der Waals surface area contributed by atoms with Gasteiger partial charge in [-0.25, -0.2) is 0 Å². The van der Waals surface area contributed by atoms with E-state index in [-0.39, 0.29) is 5.12 Å². The number of hydrogen-bond donors (Lipinski definition) is 1. The third-order valence-electron chi connectivity index (χ3n) is 1.75. The molecular weight excluding hydrogens is 238 g/mol. The van der Waals surface area contributed by atoms with E-state index < -0.39 is 0 Å². The molecule has 0 radical (unpaired) electrons. The standard InChI is InChI=1S/C12H11NOS2/c1-9(14)16-8-2-3-10-4-6-11(7-5-10)12(13)15/h4-7H,8H2,1H3,(H2,13,15). The third-order valence-corrected chi connectivity index (χ3v) is 2.68. The second kappa shape index (κ2) is 6.31. The van der Waals surface area contributed by atoms with Crippen molar-refractivity contribution in [2.75, 3.05) is 5.75 Å². The first-order chi connectivity index (χ1) is 7.59. The maximum atomic E-state index is 10.6. The Morgan fingerprint density at radius 3 is 2.56 bits per heavy atom. The number of thioether (sulfide) groups is 1. The molecule has 16 heavy (non-hydrogen) atoms. The Hall–Kier alpha value is -1.31. The predicted octanol–water partition coefficient (Wildman–Crippen LogP) is 1.95. The normalized spacial score (nSPS) is 9.06. The first-order valence-corrected chi connectivity index (χ1v) is 6.01. The summed E-state index contributed by atoms with van der Waals surface area (Å²) < 4.78 is 0. The lowest BCUT2D eigenvalue weighted by Crippen LogP contribution is -2.08. The molecular formula is C12H11NOS2. The summed E-state index contributed by atoms with van der Waals surface area (Å²) in [6.07, 6.45) is 0. The lowest BCUT2D eigenvalue weighted by Gasteiger charge is -1.96. The van der Waals surface area contributed by atoms with Gasteiger partial charge in [-0.15, -0.1) is 0 Å². The number of hydrogen-bond acceptors (Lipinski definition) is 3. The second-order valence-electron chi connectivity index (χ2n) is 3.02. The van der Waals surface area contributed by atoms with Gasteiger partial charge in [0, 0.05) is 18.1 Å². The number of rotatable bonds is 2. The zero-order chi connectivity index (χ0) is 12.0. The van der Waals surface area contributed by atoms with E-state index >= 15 is 0 Å². The minimum absolute atomic E-state index is 0.0816. The molecule has 0 heterocycles. The number of nitrogens with two attached hydrogens (primary N) is 1. The highest BCUT2D eigenvalue weighted by molar-refractivity contribution is 8.13. The zero-order valence-electron chi connectivity index (χ0n) is 8.82. The molecule has 0 saturated heterocycles. The summed E-state index contributed by atoms with van der Waals surface area (Å²) in [5.41, 5.74) is 7.20. The Morgan fingerprint density at radius 1 is 1.44 bits per heavy atom. The van der Waals surface area contributed by atoms with Crippen LogP contribution in [0, 0.1) is 11.8 Å². The van der Waals surface area contributed by atoms with Crippen molar-refractivity contribution < 1.29 is 4.79 Å². The predicted molar refractivity (Wildman–Crippen MR) is 72.3 cm³/mol. The van der Waals surface area contributed by atoms with Gasteiger partial charge in [-0.05, 0) is 12.1 Å². The van der Waals surface area contributed by atoms with Crippen molar-refractivity contribution in [1.29, 1.82) is 0 Å². The molecule has 0 atom stereocenters. The van der Waals surface area contributed by atoms with Gasteiger partial charge in [-0.1, -0.05) is 48.0 Å². The minimum atomic E-state index is 0.0816.